The van der Waals surface area contributed by atoms with Gasteiger partial charge in [0, 0.05) is 10.2 Å². The number of halogens is 1. The molecule has 0 spiro atoms. The van der Waals surface area contributed by atoms with Crippen molar-refractivity contribution in [3.63, 3.8) is 0 Å². The molecule has 0 aromatic rings. The summed E-state index contributed by atoms with van der Waals surface area (Å²) in [5, 5.41) is 31.5. The molecule has 3 nitrogen and oxygen atoms in total. The van der Waals surface area contributed by atoms with Crippen molar-refractivity contribution in [3.05, 3.63) is 23.8 Å². The van der Waals surface area contributed by atoms with Gasteiger partial charge in [0.05, 0.1) is 18.3 Å². The van der Waals surface area contributed by atoms with Crippen molar-refractivity contribution in [1.29, 1.82) is 0 Å². The standard InChI is InChI=1S/C19H27BrO3/c1-18-5-3-11(21)7-10(18)8-15(22)16-12(18)4-6-19(2)13(16)9-14(20)17(19)23/h3,5,8,11-17,21-23H,4,6-7,9H2,1-2H3/t11-,12-,13-,14+,15-,16+,17-,18-,19-/m0/s1. The van der Waals surface area contributed by atoms with Crippen LogP contribution in [0.1, 0.15) is 39.5 Å². The minimum Gasteiger partial charge on any atom is -0.391 e. The Morgan fingerprint density at radius 2 is 1.91 bits per heavy atom. The van der Waals surface area contributed by atoms with Crippen molar-refractivity contribution in [2.45, 2.75) is 62.7 Å². The number of rotatable bonds is 0. The number of hydrogen-bond donors (Lipinski definition) is 3. The van der Waals surface area contributed by atoms with Gasteiger partial charge in [-0.25, -0.2) is 0 Å². The van der Waals surface area contributed by atoms with Gasteiger partial charge in [-0.05, 0) is 48.9 Å². The van der Waals surface area contributed by atoms with E-state index in [0.29, 0.717) is 18.3 Å². The first-order chi connectivity index (χ1) is 10.8. The first kappa shape index (κ1) is 16.3. The topological polar surface area (TPSA) is 60.7 Å². The highest BCUT2D eigenvalue weighted by atomic mass is 79.9. The minimum atomic E-state index is -0.462. The maximum Gasteiger partial charge on any atom is 0.0758 e. The predicted molar refractivity (Wildman–Crippen MR) is 93.1 cm³/mol. The number of aliphatic hydroxyl groups excluding tert-OH is 3. The molecule has 0 heterocycles. The molecule has 0 radical (unpaired) electrons. The van der Waals surface area contributed by atoms with Crippen LogP contribution in [0.5, 0.6) is 0 Å². The van der Waals surface area contributed by atoms with Crippen LogP contribution in [0.25, 0.3) is 0 Å². The summed E-state index contributed by atoms with van der Waals surface area (Å²) in [5.41, 5.74) is 1.04. The molecule has 0 saturated heterocycles. The SMILES string of the molecule is C[C@]12CC[C@H]3[C@@H]([C@@H](O)C=C4C[C@@H](O)C=C[C@@]43C)[C@@H]1C[C@@H](Br)[C@@H]2O. The average Bonchev–Trinajstić information content (AvgIpc) is 2.73. The van der Waals surface area contributed by atoms with Crippen LogP contribution in [-0.4, -0.2) is 38.5 Å². The average molecular weight is 383 g/mol. The second kappa shape index (κ2) is 5.17. The van der Waals surface area contributed by atoms with Crippen LogP contribution >= 0.6 is 15.9 Å². The summed E-state index contributed by atoms with van der Waals surface area (Å²) in [6.45, 7) is 4.47. The maximum absolute atomic E-state index is 10.9. The maximum atomic E-state index is 10.9. The summed E-state index contributed by atoms with van der Waals surface area (Å²) < 4.78 is 0. The van der Waals surface area contributed by atoms with Gasteiger partial charge in [0.15, 0.2) is 0 Å². The molecule has 0 aromatic carbocycles. The highest BCUT2D eigenvalue weighted by Gasteiger charge is 2.61. The first-order valence-corrected chi connectivity index (χ1v) is 9.78. The molecule has 0 amide bonds. The van der Waals surface area contributed by atoms with E-state index < -0.39 is 12.2 Å². The quantitative estimate of drug-likeness (QED) is 0.445. The lowest BCUT2D eigenvalue weighted by atomic mass is 9.48. The second-order valence-corrected chi connectivity index (χ2v) is 9.80. The van der Waals surface area contributed by atoms with Gasteiger partial charge in [-0.1, -0.05) is 53.6 Å². The molecule has 3 N–H and O–H groups in total. The molecule has 4 rings (SSSR count). The highest BCUT2D eigenvalue weighted by Crippen LogP contribution is 2.64. The predicted octanol–water partition coefficient (Wildman–Crippen LogP) is 2.79. The van der Waals surface area contributed by atoms with Crippen LogP contribution < -0.4 is 0 Å². The first-order valence-electron chi connectivity index (χ1n) is 8.86. The molecule has 2 saturated carbocycles. The molecule has 128 valence electrons. The van der Waals surface area contributed by atoms with E-state index in [9.17, 15) is 15.3 Å². The largest absolute Gasteiger partial charge is 0.391 e. The smallest absolute Gasteiger partial charge is 0.0758 e. The normalized spacial score (nSPS) is 58.2. The van der Waals surface area contributed by atoms with Crippen molar-refractivity contribution in [3.8, 4) is 0 Å². The van der Waals surface area contributed by atoms with Gasteiger partial charge in [-0.15, -0.1) is 0 Å². The molecule has 23 heavy (non-hydrogen) atoms. The van der Waals surface area contributed by atoms with Gasteiger partial charge in [-0.3, -0.25) is 0 Å². The second-order valence-electron chi connectivity index (χ2n) is 8.63. The van der Waals surface area contributed by atoms with E-state index in [2.05, 4.69) is 35.9 Å². The van der Waals surface area contributed by atoms with Gasteiger partial charge in [-0.2, -0.15) is 0 Å². The van der Waals surface area contributed by atoms with Crippen molar-refractivity contribution in [2.24, 2.45) is 28.6 Å². The molecule has 2 fully saturated rings. The fourth-order valence-corrected chi connectivity index (χ4v) is 7.18. The highest BCUT2D eigenvalue weighted by molar-refractivity contribution is 9.09. The van der Waals surface area contributed by atoms with Crippen LogP contribution in [0.15, 0.2) is 23.8 Å². The fraction of sp³-hybridized carbons (Fsp3) is 0.789. The van der Waals surface area contributed by atoms with E-state index in [4.69, 9.17) is 0 Å². The summed E-state index contributed by atoms with van der Waals surface area (Å²) >= 11 is 3.66. The molecule has 4 aliphatic rings. The summed E-state index contributed by atoms with van der Waals surface area (Å²) in [6.07, 6.45) is 8.50. The van der Waals surface area contributed by atoms with Crippen LogP contribution in [0.4, 0.5) is 0 Å². The van der Waals surface area contributed by atoms with Gasteiger partial charge < -0.3 is 15.3 Å². The van der Waals surface area contributed by atoms with Crippen molar-refractivity contribution < 1.29 is 15.3 Å². The van der Waals surface area contributed by atoms with E-state index in [1.807, 2.05) is 12.2 Å². The summed E-state index contributed by atoms with van der Waals surface area (Å²) in [6, 6.07) is 0. The number of hydrogen-bond acceptors (Lipinski definition) is 3. The van der Waals surface area contributed by atoms with Gasteiger partial charge in [0.1, 0.15) is 0 Å². The Kier molecular flexibility index (Phi) is 3.67. The Bertz CT molecular complexity index is 573. The zero-order valence-corrected chi connectivity index (χ0v) is 15.4. The lowest BCUT2D eigenvalue weighted by Crippen LogP contribution is -2.54. The van der Waals surface area contributed by atoms with E-state index in [1.165, 1.54) is 5.57 Å². The molecular weight excluding hydrogens is 356 g/mol. The molecule has 4 heteroatoms. The van der Waals surface area contributed by atoms with Crippen LogP contribution in [0.2, 0.25) is 0 Å². The third-order valence-electron chi connectivity index (χ3n) is 7.59. The molecule has 0 aromatic heterocycles. The monoisotopic (exact) mass is 382 g/mol. The van der Waals surface area contributed by atoms with Crippen molar-refractivity contribution in [1.82, 2.24) is 0 Å². The Balaban J connectivity index is 1.76. The van der Waals surface area contributed by atoms with E-state index in [-0.39, 0.29) is 27.7 Å². The number of alkyl halides is 1. The van der Waals surface area contributed by atoms with E-state index in [0.717, 1.165) is 19.3 Å². The molecule has 0 aliphatic heterocycles. The fourth-order valence-electron chi connectivity index (χ4n) is 6.18. The molecule has 9 atom stereocenters. The molecule has 0 unspecified atom stereocenters. The van der Waals surface area contributed by atoms with Crippen LogP contribution in [-0.2, 0) is 0 Å². The third-order valence-corrected chi connectivity index (χ3v) is 8.46. The summed E-state index contributed by atoms with van der Waals surface area (Å²) in [4.78, 5) is 0.130. The van der Waals surface area contributed by atoms with E-state index >= 15 is 0 Å². The molecular formula is C19H27BrO3. The summed E-state index contributed by atoms with van der Waals surface area (Å²) in [5.74, 6) is 0.925. The van der Waals surface area contributed by atoms with Gasteiger partial charge >= 0.3 is 0 Å². The molecule has 0 bridgehead atoms. The minimum absolute atomic E-state index is 0.0557. The molecule has 4 aliphatic carbocycles. The summed E-state index contributed by atoms with van der Waals surface area (Å²) in [7, 11) is 0. The Hall–Kier alpha value is -0.160. The number of aliphatic hydroxyl groups is 3. The lowest BCUT2D eigenvalue weighted by molar-refractivity contribution is -0.0903. The Morgan fingerprint density at radius 3 is 2.65 bits per heavy atom. The number of fused-ring (bicyclic) bond motifs is 5. The van der Waals surface area contributed by atoms with Crippen LogP contribution in [0.3, 0.4) is 0 Å². The number of allylic oxidation sites excluding steroid dienone is 1. The van der Waals surface area contributed by atoms with Crippen molar-refractivity contribution in [2.75, 3.05) is 0 Å². The van der Waals surface area contributed by atoms with Gasteiger partial charge in [0.2, 0.25) is 0 Å². The zero-order chi connectivity index (χ0) is 16.6. The van der Waals surface area contributed by atoms with Crippen LogP contribution in [0, 0.1) is 28.6 Å². The lowest BCUT2D eigenvalue weighted by Gasteiger charge is -2.57. The Morgan fingerprint density at radius 1 is 1.17 bits per heavy atom. The third kappa shape index (κ3) is 2.11. The Labute approximate surface area is 146 Å². The van der Waals surface area contributed by atoms with E-state index in [1.54, 1.807) is 0 Å². The van der Waals surface area contributed by atoms with Crippen molar-refractivity contribution >= 4 is 15.9 Å². The zero-order valence-electron chi connectivity index (χ0n) is 13.8. The van der Waals surface area contributed by atoms with Gasteiger partial charge in [0.25, 0.3) is 0 Å².